The number of hydrogen-bond donors (Lipinski definition) is 1. The Balaban J connectivity index is 2.54. The van der Waals surface area contributed by atoms with Crippen LogP contribution in [0, 0.1) is 0 Å². The molecule has 0 spiro atoms. The molecule has 0 fully saturated rings. The van der Waals surface area contributed by atoms with E-state index in [0.717, 1.165) is 0 Å². The number of furan rings is 1. The molecule has 0 aliphatic heterocycles. The molecule has 1 amide bonds. The average Bonchev–Trinajstić information content (AvgIpc) is 2.47. The molecule has 0 unspecified atom stereocenters. The summed E-state index contributed by atoms with van der Waals surface area (Å²) in [6, 6.07) is 1.39. The van der Waals surface area contributed by atoms with Gasteiger partial charge in [0.05, 0.1) is 18.4 Å². The molecule has 13 heavy (non-hydrogen) atoms. The van der Waals surface area contributed by atoms with Crippen molar-refractivity contribution in [2.75, 3.05) is 6.54 Å². The van der Waals surface area contributed by atoms with Gasteiger partial charge >= 0.3 is 0 Å². The highest BCUT2D eigenvalue weighted by Crippen LogP contribution is 2.16. The van der Waals surface area contributed by atoms with Gasteiger partial charge in [-0.05, 0) is 22.0 Å². The molecule has 1 heterocycles. The second-order valence-corrected chi connectivity index (χ2v) is 2.93. The molecule has 1 aromatic rings. The first kappa shape index (κ1) is 10.2. The normalized spacial score (nSPS) is 10.5. The number of rotatable bonds is 3. The molecule has 0 saturated heterocycles. The number of amides is 1. The quantitative estimate of drug-likeness (QED) is 0.896. The van der Waals surface area contributed by atoms with E-state index in [0.29, 0.717) is 0 Å². The van der Waals surface area contributed by atoms with Gasteiger partial charge in [0, 0.05) is 0 Å². The largest absolute Gasteiger partial charge is 0.457 e. The van der Waals surface area contributed by atoms with Gasteiger partial charge in [-0.3, -0.25) is 4.79 Å². The van der Waals surface area contributed by atoms with Crippen LogP contribution in [-0.2, 0) is 0 Å². The molecule has 0 radical (unpaired) electrons. The summed E-state index contributed by atoms with van der Waals surface area (Å²) in [5.74, 6) is -0.582. The van der Waals surface area contributed by atoms with Gasteiger partial charge in [-0.15, -0.1) is 0 Å². The number of hydrogen-bond acceptors (Lipinski definition) is 2. The summed E-state index contributed by atoms with van der Waals surface area (Å²) in [6.07, 6.45) is -1.25. The number of halogens is 3. The average molecular weight is 254 g/mol. The van der Waals surface area contributed by atoms with Crippen molar-refractivity contribution in [1.29, 1.82) is 0 Å². The Hall–Kier alpha value is -0.910. The van der Waals surface area contributed by atoms with E-state index >= 15 is 0 Å². The van der Waals surface area contributed by atoms with Crippen LogP contribution in [0.2, 0.25) is 0 Å². The molecule has 1 rings (SSSR count). The highest BCUT2D eigenvalue weighted by atomic mass is 79.9. The summed E-state index contributed by atoms with van der Waals surface area (Å²) in [4.78, 5) is 11.1. The smallest absolute Gasteiger partial charge is 0.255 e. The summed E-state index contributed by atoms with van der Waals surface area (Å²) in [7, 11) is 0. The predicted molar refractivity (Wildman–Crippen MR) is 44.7 cm³/mol. The summed E-state index contributed by atoms with van der Waals surface area (Å²) in [6.45, 7) is -0.656. The number of alkyl halides is 2. The van der Waals surface area contributed by atoms with Gasteiger partial charge in [0.1, 0.15) is 0 Å². The monoisotopic (exact) mass is 253 g/mol. The SMILES string of the molecule is O=C(NCC(F)F)c1ccoc1Br. The van der Waals surface area contributed by atoms with Crippen molar-refractivity contribution in [3.63, 3.8) is 0 Å². The van der Waals surface area contributed by atoms with Gasteiger partial charge in [-0.25, -0.2) is 8.78 Å². The molecule has 0 saturated carbocycles. The van der Waals surface area contributed by atoms with Crippen LogP contribution in [0.25, 0.3) is 0 Å². The lowest BCUT2D eigenvalue weighted by molar-refractivity contribution is 0.0890. The molecule has 0 aromatic carbocycles. The fourth-order valence-corrected chi connectivity index (χ4v) is 1.14. The van der Waals surface area contributed by atoms with E-state index in [1.54, 1.807) is 0 Å². The maximum absolute atomic E-state index is 11.7. The van der Waals surface area contributed by atoms with Gasteiger partial charge in [-0.1, -0.05) is 0 Å². The van der Waals surface area contributed by atoms with Crippen LogP contribution in [0.15, 0.2) is 21.4 Å². The van der Waals surface area contributed by atoms with Crippen LogP contribution in [0.3, 0.4) is 0 Å². The maximum Gasteiger partial charge on any atom is 0.255 e. The van der Waals surface area contributed by atoms with E-state index in [1.165, 1.54) is 12.3 Å². The molecule has 0 bridgehead atoms. The van der Waals surface area contributed by atoms with Crippen molar-refractivity contribution >= 4 is 21.8 Å². The minimum Gasteiger partial charge on any atom is -0.457 e. The minimum atomic E-state index is -2.55. The second kappa shape index (κ2) is 4.36. The standard InChI is InChI=1S/C7H6BrF2NO2/c8-6-4(1-2-13-6)7(12)11-3-5(9)10/h1-2,5H,3H2,(H,11,12). The van der Waals surface area contributed by atoms with E-state index in [9.17, 15) is 13.6 Å². The molecule has 72 valence electrons. The first-order valence-corrected chi connectivity index (χ1v) is 4.20. The molecular formula is C7H6BrF2NO2. The van der Waals surface area contributed by atoms with E-state index in [2.05, 4.69) is 15.9 Å². The van der Waals surface area contributed by atoms with Gasteiger partial charge < -0.3 is 9.73 Å². The van der Waals surface area contributed by atoms with Crippen LogP contribution in [0.5, 0.6) is 0 Å². The van der Waals surface area contributed by atoms with E-state index in [4.69, 9.17) is 4.42 Å². The highest BCUT2D eigenvalue weighted by molar-refractivity contribution is 9.10. The van der Waals surface area contributed by atoms with Crippen molar-refractivity contribution in [3.8, 4) is 0 Å². The zero-order valence-corrected chi connectivity index (χ0v) is 7.98. The third-order valence-electron chi connectivity index (χ3n) is 1.28. The Morgan fingerprint density at radius 2 is 2.38 bits per heavy atom. The Morgan fingerprint density at radius 1 is 1.69 bits per heavy atom. The molecule has 1 aromatic heterocycles. The molecule has 1 N–H and O–H groups in total. The van der Waals surface area contributed by atoms with Crippen LogP contribution in [0.4, 0.5) is 8.78 Å². The lowest BCUT2D eigenvalue weighted by atomic mass is 10.3. The molecule has 0 aliphatic rings. The first-order chi connectivity index (χ1) is 6.11. The van der Waals surface area contributed by atoms with Crippen LogP contribution in [0.1, 0.15) is 10.4 Å². The predicted octanol–water partition coefficient (Wildman–Crippen LogP) is 2.04. The molecule has 6 heteroatoms. The third kappa shape index (κ3) is 2.80. The fraction of sp³-hybridized carbons (Fsp3) is 0.286. The van der Waals surface area contributed by atoms with Crippen molar-refractivity contribution in [3.05, 3.63) is 22.6 Å². The van der Waals surface area contributed by atoms with Gasteiger partial charge in [0.2, 0.25) is 0 Å². The van der Waals surface area contributed by atoms with E-state index in [-0.39, 0.29) is 10.2 Å². The number of carbonyl (C=O) groups excluding carboxylic acids is 1. The van der Waals surface area contributed by atoms with Crippen molar-refractivity contribution in [2.24, 2.45) is 0 Å². The number of nitrogens with one attached hydrogen (secondary N) is 1. The Bertz CT molecular complexity index is 300. The van der Waals surface area contributed by atoms with Crippen LogP contribution in [-0.4, -0.2) is 18.9 Å². The minimum absolute atomic E-state index is 0.209. The van der Waals surface area contributed by atoms with E-state index in [1.807, 2.05) is 5.32 Å². The van der Waals surface area contributed by atoms with Gasteiger partial charge in [0.15, 0.2) is 4.67 Å². The van der Waals surface area contributed by atoms with Crippen molar-refractivity contribution < 1.29 is 18.0 Å². The second-order valence-electron chi connectivity index (χ2n) is 2.21. The summed E-state index contributed by atoms with van der Waals surface area (Å²) < 4.78 is 28.4. The first-order valence-electron chi connectivity index (χ1n) is 3.40. The highest BCUT2D eigenvalue weighted by Gasteiger charge is 2.13. The molecule has 0 atom stereocenters. The topological polar surface area (TPSA) is 42.2 Å². The zero-order valence-electron chi connectivity index (χ0n) is 6.39. The molecule has 0 aliphatic carbocycles. The Morgan fingerprint density at radius 3 is 2.85 bits per heavy atom. The number of carbonyl (C=O) groups is 1. The fourth-order valence-electron chi connectivity index (χ4n) is 0.721. The third-order valence-corrected chi connectivity index (χ3v) is 1.89. The van der Waals surface area contributed by atoms with Gasteiger partial charge in [-0.2, -0.15) is 0 Å². The lowest BCUT2D eigenvalue weighted by Crippen LogP contribution is -2.28. The van der Waals surface area contributed by atoms with Crippen molar-refractivity contribution in [1.82, 2.24) is 5.32 Å². The Kier molecular flexibility index (Phi) is 3.41. The summed E-state index contributed by atoms with van der Waals surface area (Å²) in [5.41, 5.74) is 0.209. The Labute approximate surface area is 81.2 Å². The summed E-state index contributed by atoms with van der Waals surface area (Å²) >= 11 is 2.96. The maximum atomic E-state index is 11.7. The van der Waals surface area contributed by atoms with Gasteiger partial charge in [0.25, 0.3) is 12.3 Å². The van der Waals surface area contributed by atoms with Crippen LogP contribution < -0.4 is 5.32 Å². The van der Waals surface area contributed by atoms with Crippen molar-refractivity contribution in [2.45, 2.75) is 6.43 Å². The molecule has 3 nitrogen and oxygen atoms in total. The van der Waals surface area contributed by atoms with E-state index < -0.39 is 18.9 Å². The zero-order chi connectivity index (χ0) is 9.84. The molecular weight excluding hydrogens is 248 g/mol. The lowest BCUT2D eigenvalue weighted by Gasteiger charge is -2.01. The van der Waals surface area contributed by atoms with Crippen LogP contribution >= 0.6 is 15.9 Å². The summed E-state index contributed by atoms with van der Waals surface area (Å²) in [5, 5.41) is 2.05.